The zero-order valence-corrected chi connectivity index (χ0v) is 16.7. The molecule has 0 heterocycles. The number of benzene rings is 3. The van der Waals surface area contributed by atoms with Gasteiger partial charge in [0.2, 0.25) is 0 Å². The molecule has 0 atom stereocenters. The van der Waals surface area contributed by atoms with Crippen molar-refractivity contribution in [2.75, 3.05) is 0 Å². The van der Waals surface area contributed by atoms with Crippen LogP contribution in [-0.2, 0) is 22.2 Å². The Morgan fingerprint density at radius 1 is 0.815 bits per heavy atom. The Labute approximate surface area is 165 Å². The van der Waals surface area contributed by atoms with Crippen molar-refractivity contribution in [1.29, 1.82) is 0 Å². The van der Waals surface area contributed by atoms with E-state index in [-0.39, 0.29) is 4.90 Å². The van der Waals surface area contributed by atoms with Crippen LogP contribution in [0.3, 0.4) is 0 Å². The number of nitrogens with zero attached hydrogens (tertiary/aromatic N) is 1. The number of sulfonamides is 1. The molecule has 3 aromatic rings. The lowest BCUT2D eigenvalue weighted by Gasteiger charge is -2.08. The molecule has 0 N–H and O–H groups in total. The first-order chi connectivity index (χ1) is 13.0. The van der Waals surface area contributed by atoms with Gasteiger partial charge < -0.3 is 0 Å². The quantitative estimate of drug-likeness (QED) is 0.422. The zero-order valence-electron chi connectivity index (χ0n) is 15.1. The van der Waals surface area contributed by atoms with E-state index in [0.717, 1.165) is 16.7 Å². The highest BCUT2D eigenvalue weighted by Gasteiger charge is 2.15. The fourth-order valence-corrected chi connectivity index (χ4v) is 4.74. The van der Waals surface area contributed by atoms with E-state index in [4.69, 9.17) is 0 Å². The molecule has 138 valence electrons. The molecule has 5 heteroatoms. The Kier molecular flexibility index (Phi) is 6.48. The van der Waals surface area contributed by atoms with Crippen LogP contribution in [0.4, 0.5) is 0 Å². The van der Waals surface area contributed by atoms with Crippen LogP contribution in [0, 0.1) is 6.92 Å². The van der Waals surface area contributed by atoms with Gasteiger partial charge in [-0.05, 0) is 30.2 Å². The lowest BCUT2D eigenvalue weighted by Crippen LogP contribution is -2.06. The van der Waals surface area contributed by atoms with E-state index in [2.05, 4.69) is 4.40 Å². The summed E-state index contributed by atoms with van der Waals surface area (Å²) in [6.45, 7) is 1.93. The van der Waals surface area contributed by atoms with Crippen molar-refractivity contribution in [3.63, 3.8) is 0 Å². The van der Waals surface area contributed by atoms with Gasteiger partial charge in [-0.15, -0.1) is 11.8 Å². The molecule has 0 unspecified atom stereocenters. The maximum absolute atomic E-state index is 12.8. The van der Waals surface area contributed by atoms with Crippen molar-refractivity contribution in [3.05, 3.63) is 102 Å². The molecule has 0 amide bonds. The zero-order chi connectivity index (χ0) is 19.1. The lowest BCUT2D eigenvalue weighted by molar-refractivity contribution is 0.598. The monoisotopic (exact) mass is 395 g/mol. The van der Waals surface area contributed by atoms with Gasteiger partial charge in [-0.3, -0.25) is 0 Å². The van der Waals surface area contributed by atoms with Crippen LogP contribution < -0.4 is 0 Å². The third-order valence-corrected chi connectivity index (χ3v) is 6.48. The van der Waals surface area contributed by atoms with Crippen LogP contribution in [0.1, 0.15) is 16.7 Å². The molecule has 0 radical (unpaired) electrons. The molecule has 0 bridgehead atoms. The highest BCUT2D eigenvalue weighted by atomic mass is 32.2. The molecule has 0 aliphatic rings. The molecule has 3 aromatic carbocycles. The first-order valence-corrected chi connectivity index (χ1v) is 11.1. The molecular formula is C22H21NO2S2. The average Bonchev–Trinajstić information content (AvgIpc) is 2.68. The van der Waals surface area contributed by atoms with Crippen LogP contribution in [0.2, 0.25) is 0 Å². The second kappa shape index (κ2) is 9.02. The molecule has 0 saturated carbocycles. The lowest BCUT2D eigenvalue weighted by atomic mass is 10.2. The van der Waals surface area contributed by atoms with Crippen molar-refractivity contribution in [3.8, 4) is 0 Å². The molecule has 0 aliphatic carbocycles. The van der Waals surface area contributed by atoms with Crippen LogP contribution in [-0.4, -0.2) is 13.5 Å². The molecule has 0 aromatic heterocycles. The van der Waals surface area contributed by atoms with Gasteiger partial charge >= 0.3 is 0 Å². The summed E-state index contributed by atoms with van der Waals surface area (Å²) in [5.41, 5.74) is 3.19. The van der Waals surface area contributed by atoms with Gasteiger partial charge in [0.1, 0.15) is 0 Å². The summed E-state index contributed by atoms with van der Waals surface area (Å²) in [5.74, 6) is 0.677. The topological polar surface area (TPSA) is 46.5 Å². The minimum Gasteiger partial charge on any atom is -0.199 e. The largest absolute Gasteiger partial charge is 0.283 e. The van der Waals surface area contributed by atoms with Gasteiger partial charge in [-0.2, -0.15) is 12.8 Å². The summed E-state index contributed by atoms with van der Waals surface area (Å²) in [6, 6.07) is 26.6. The summed E-state index contributed by atoms with van der Waals surface area (Å²) in [6.07, 6.45) is 0.490. The maximum atomic E-state index is 12.8. The van der Waals surface area contributed by atoms with Gasteiger partial charge in [0.05, 0.1) is 9.94 Å². The van der Waals surface area contributed by atoms with Crippen molar-refractivity contribution in [1.82, 2.24) is 0 Å². The molecule has 3 rings (SSSR count). The van der Waals surface area contributed by atoms with E-state index >= 15 is 0 Å². The first kappa shape index (κ1) is 19.4. The first-order valence-electron chi connectivity index (χ1n) is 8.64. The third-order valence-electron chi connectivity index (χ3n) is 3.99. The molecule has 3 nitrogen and oxygen atoms in total. The van der Waals surface area contributed by atoms with Crippen LogP contribution in [0.25, 0.3) is 0 Å². The SMILES string of the molecule is Cc1ccc(S(=O)(=O)/N=C(\Cc2ccccc2)SCc2ccccc2)cc1. The molecule has 0 fully saturated rings. The Morgan fingerprint density at radius 3 is 1.96 bits per heavy atom. The smallest absolute Gasteiger partial charge is 0.199 e. The summed E-state index contributed by atoms with van der Waals surface area (Å²) in [5, 5.41) is 0.589. The minimum absolute atomic E-state index is 0.221. The van der Waals surface area contributed by atoms with Gasteiger partial charge in [-0.1, -0.05) is 78.4 Å². The Balaban J connectivity index is 1.87. The van der Waals surface area contributed by atoms with E-state index in [1.54, 1.807) is 24.3 Å². The molecule has 27 heavy (non-hydrogen) atoms. The summed E-state index contributed by atoms with van der Waals surface area (Å²) >= 11 is 1.46. The standard InChI is InChI=1S/C22H21NO2S2/c1-18-12-14-21(15-13-18)27(24,25)23-22(16-19-8-4-2-5-9-19)26-17-20-10-6-3-7-11-20/h2-15H,16-17H2,1H3/b23-22+. The van der Waals surface area contributed by atoms with Crippen molar-refractivity contribution in [2.24, 2.45) is 4.40 Å². The fourth-order valence-electron chi connectivity index (χ4n) is 2.52. The Morgan fingerprint density at radius 2 is 1.37 bits per heavy atom. The minimum atomic E-state index is -3.73. The van der Waals surface area contributed by atoms with Crippen LogP contribution >= 0.6 is 11.8 Å². The highest BCUT2D eigenvalue weighted by Crippen LogP contribution is 2.21. The van der Waals surface area contributed by atoms with Crippen LogP contribution in [0.15, 0.2) is 94.2 Å². The fraction of sp³-hybridized carbons (Fsp3) is 0.136. The molecular weight excluding hydrogens is 374 g/mol. The Hall–Kier alpha value is -2.37. The third kappa shape index (κ3) is 5.81. The van der Waals surface area contributed by atoms with E-state index < -0.39 is 10.0 Å². The average molecular weight is 396 g/mol. The summed E-state index contributed by atoms with van der Waals surface area (Å²) < 4.78 is 29.7. The van der Waals surface area contributed by atoms with E-state index in [1.165, 1.54) is 11.8 Å². The second-order valence-corrected chi connectivity index (χ2v) is 8.86. The van der Waals surface area contributed by atoms with E-state index in [9.17, 15) is 8.42 Å². The van der Waals surface area contributed by atoms with Gasteiger partial charge in [0.15, 0.2) is 0 Å². The molecule has 0 aliphatic heterocycles. The second-order valence-electron chi connectivity index (χ2n) is 6.21. The number of thioether (sulfide) groups is 1. The number of hydrogen-bond donors (Lipinski definition) is 0. The summed E-state index contributed by atoms with van der Waals surface area (Å²) in [7, 11) is -3.73. The molecule has 0 saturated heterocycles. The van der Waals surface area contributed by atoms with Crippen molar-refractivity contribution >= 4 is 26.8 Å². The molecule has 0 spiro atoms. The predicted octanol–water partition coefficient (Wildman–Crippen LogP) is 5.26. The van der Waals surface area contributed by atoms with Gasteiger partial charge in [0.25, 0.3) is 10.0 Å². The normalized spacial score (nSPS) is 12.1. The van der Waals surface area contributed by atoms with Crippen molar-refractivity contribution < 1.29 is 8.42 Å². The van der Waals surface area contributed by atoms with Gasteiger partial charge in [0, 0.05) is 12.2 Å². The summed E-state index contributed by atoms with van der Waals surface area (Å²) in [4.78, 5) is 0.221. The predicted molar refractivity (Wildman–Crippen MR) is 114 cm³/mol. The van der Waals surface area contributed by atoms with Crippen LogP contribution in [0.5, 0.6) is 0 Å². The number of aryl methyl sites for hydroxylation is 1. The highest BCUT2D eigenvalue weighted by molar-refractivity contribution is 8.13. The van der Waals surface area contributed by atoms with Crippen molar-refractivity contribution in [2.45, 2.75) is 24.0 Å². The van der Waals surface area contributed by atoms with Gasteiger partial charge in [-0.25, -0.2) is 0 Å². The van der Waals surface area contributed by atoms with E-state index in [0.29, 0.717) is 17.2 Å². The number of hydrogen-bond acceptors (Lipinski definition) is 3. The van der Waals surface area contributed by atoms with E-state index in [1.807, 2.05) is 67.6 Å². The maximum Gasteiger partial charge on any atom is 0.283 e. The Bertz CT molecular complexity index is 997. The number of rotatable bonds is 6.